The van der Waals surface area contributed by atoms with Gasteiger partial charge in [-0.1, -0.05) is 43.3 Å². The fourth-order valence-electron chi connectivity index (χ4n) is 6.99. The fraction of sp³-hybridized carbons (Fsp3) is 0.465. The number of likely N-dealkylation sites (N-methyl/N-ethyl adjacent to an activating group) is 1. The second kappa shape index (κ2) is 19.0. The molecule has 5 N–H and O–H groups in total. The Morgan fingerprint density at radius 3 is 2.14 bits per heavy atom. The van der Waals surface area contributed by atoms with Crippen molar-refractivity contribution < 1.29 is 28.6 Å². The van der Waals surface area contributed by atoms with Crippen LogP contribution in [0.15, 0.2) is 72.8 Å². The molecule has 3 aromatic rings. The fourth-order valence-corrected chi connectivity index (χ4v) is 6.99. The number of amides is 2. The predicted molar refractivity (Wildman–Crippen MR) is 222 cm³/mol. The maximum Gasteiger partial charge on any atom is 0.337 e. The molecule has 13 heteroatoms. The largest absolute Gasteiger partial charge is 0.465 e. The van der Waals surface area contributed by atoms with Gasteiger partial charge in [0.15, 0.2) is 0 Å². The van der Waals surface area contributed by atoms with Crippen LogP contribution in [0.25, 0.3) is 11.3 Å². The highest BCUT2D eigenvalue weighted by molar-refractivity contribution is 6.37. The summed E-state index contributed by atoms with van der Waals surface area (Å²) in [5.74, 6) is 5.96. The number of methoxy groups -OCH3 is 1. The van der Waals surface area contributed by atoms with Crippen molar-refractivity contribution in [3.8, 4) is 0 Å². The van der Waals surface area contributed by atoms with Crippen molar-refractivity contribution in [3.63, 3.8) is 0 Å². The smallest absolute Gasteiger partial charge is 0.337 e. The second-order valence-electron chi connectivity index (χ2n) is 15.3. The highest BCUT2D eigenvalue weighted by Gasteiger charge is 2.32. The number of hydrogen-bond donors (Lipinski definition) is 3. The van der Waals surface area contributed by atoms with Gasteiger partial charge in [-0.2, -0.15) is 0 Å². The molecule has 0 spiro atoms. The summed E-state index contributed by atoms with van der Waals surface area (Å²) in [7, 11) is 3.09. The van der Waals surface area contributed by atoms with Crippen LogP contribution in [-0.4, -0.2) is 112 Å². The highest BCUT2D eigenvalue weighted by atomic mass is 16.5. The number of hydrogen-bond acceptors (Lipinski definition) is 11. The first kappa shape index (κ1) is 42.5. The van der Waals surface area contributed by atoms with E-state index in [9.17, 15) is 14.4 Å². The molecule has 3 aromatic carbocycles. The van der Waals surface area contributed by atoms with Crippen molar-refractivity contribution in [2.75, 3.05) is 88.4 Å². The molecule has 1 saturated heterocycles. The first-order valence-electron chi connectivity index (χ1n) is 19.5. The zero-order valence-corrected chi connectivity index (χ0v) is 33.8. The third-order valence-electron chi connectivity index (χ3n) is 10.9. The maximum atomic E-state index is 13.5. The summed E-state index contributed by atoms with van der Waals surface area (Å²) in [6.45, 7) is 14.8. The maximum absolute atomic E-state index is 13.5. The topological polar surface area (TPSA) is 156 Å². The molecule has 302 valence electrons. The molecule has 56 heavy (non-hydrogen) atoms. The van der Waals surface area contributed by atoms with Gasteiger partial charge < -0.3 is 35.1 Å². The van der Waals surface area contributed by atoms with E-state index >= 15 is 0 Å². The summed E-state index contributed by atoms with van der Waals surface area (Å²) in [4.78, 5) is 45.4. The Labute approximate surface area is 331 Å². The Hall–Kier alpha value is -4.63. The van der Waals surface area contributed by atoms with E-state index in [0.29, 0.717) is 60.1 Å². The van der Waals surface area contributed by atoms with Gasteiger partial charge >= 0.3 is 5.97 Å². The number of nitrogens with two attached hydrogens (primary N) is 2. The lowest BCUT2D eigenvalue weighted by Gasteiger charge is -2.36. The van der Waals surface area contributed by atoms with E-state index in [0.717, 1.165) is 63.2 Å². The van der Waals surface area contributed by atoms with Crippen molar-refractivity contribution >= 4 is 46.1 Å². The molecule has 13 nitrogen and oxygen atoms in total. The average molecular weight is 770 g/mol. The molecule has 1 unspecified atom stereocenters. The Balaban J connectivity index is 1.15. The summed E-state index contributed by atoms with van der Waals surface area (Å²) in [6.07, 6.45) is 2.66. The van der Waals surface area contributed by atoms with Gasteiger partial charge in [0.05, 0.1) is 66.3 Å². The van der Waals surface area contributed by atoms with E-state index in [2.05, 4.69) is 42.8 Å². The first-order valence-corrected chi connectivity index (χ1v) is 19.5. The first-order chi connectivity index (χ1) is 26.8. The standard InChI is InChI=1S/C43H59N7O6/c1-7-43(4,19-21-44)56-28-27-55-42(2,3)20-22-48-23-25-49(26-24-48)30-37(51)47(5)33-14-16-34(17-15-33)50(45)39(31-11-9-8-10-12-31)38-35-18-13-32(41(53)54-6)29-36(35)46-40(38)52/h8-18,29H,7,19-28,30,44-45H2,1-6H3,(H,46,52)/b39-38-. The predicted octanol–water partition coefficient (Wildman–Crippen LogP) is 4.97. The van der Waals surface area contributed by atoms with E-state index in [1.54, 1.807) is 30.1 Å². The molecule has 5 rings (SSSR count). The zero-order valence-electron chi connectivity index (χ0n) is 33.8. The number of hydrazine groups is 1. The summed E-state index contributed by atoms with van der Waals surface area (Å²) >= 11 is 0. The number of nitrogens with zero attached hydrogens (tertiary/aromatic N) is 4. The number of benzene rings is 3. The SMILES string of the molecule is CCC(C)(CCN)OCCOC(C)(C)CCN1CCN(CC(=O)N(C)c2ccc(N(N)/C(=C3\C(=O)Nc4cc(C(=O)OC)ccc43)c3ccccc3)cc2)CC1. The molecule has 0 bridgehead atoms. The summed E-state index contributed by atoms with van der Waals surface area (Å²) < 4.78 is 17.2. The molecule has 0 radical (unpaired) electrons. The van der Waals surface area contributed by atoms with Gasteiger partial charge in [0.2, 0.25) is 5.91 Å². The number of carbonyl (C=O) groups is 3. The van der Waals surface area contributed by atoms with Gasteiger partial charge in [-0.15, -0.1) is 0 Å². The summed E-state index contributed by atoms with van der Waals surface area (Å²) in [5.41, 5.74) is 9.68. The van der Waals surface area contributed by atoms with Crippen LogP contribution in [0.4, 0.5) is 17.1 Å². The average Bonchev–Trinajstić information content (AvgIpc) is 3.53. The molecule has 0 aromatic heterocycles. The molecule has 0 aliphatic carbocycles. The van der Waals surface area contributed by atoms with Crippen LogP contribution in [0.2, 0.25) is 0 Å². The van der Waals surface area contributed by atoms with Gasteiger partial charge in [0.25, 0.3) is 5.91 Å². The minimum absolute atomic E-state index is 0.00385. The van der Waals surface area contributed by atoms with Crippen LogP contribution < -0.4 is 26.8 Å². The van der Waals surface area contributed by atoms with Crippen LogP contribution >= 0.6 is 0 Å². The minimum atomic E-state index is -0.497. The Kier molecular flexibility index (Phi) is 14.4. The van der Waals surface area contributed by atoms with Crippen molar-refractivity contribution in [1.29, 1.82) is 0 Å². The van der Waals surface area contributed by atoms with Gasteiger partial charge in [-0.05, 0) is 83.0 Å². The van der Waals surface area contributed by atoms with Crippen LogP contribution in [0.5, 0.6) is 0 Å². The summed E-state index contributed by atoms with van der Waals surface area (Å²) in [5, 5.41) is 4.35. The minimum Gasteiger partial charge on any atom is -0.465 e. The van der Waals surface area contributed by atoms with Crippen LogP contribution in [0.3, 0.4) is 0 Å². The molecular formula is C43H59N7O6. The number of piperazine rings is 1. The van der Waals surface area contributed by atoms with Gasteiger partial charge in [-0.3, -0.25) is 19.5 Å². The molecule has 2 amide bonds. The lowest BCUT2D eigenvalue weighted by molar-refractivity contribution is -0.120. The van der Waals surface area contributed by atoms with Crippen molar-refractivity contribution in [2.24, 2.45) is 11.6 Å². The normalized spacial score (nSPS) is 16.8. The van der Waals surface area contributed by atoms with Crippen LogP contribution in [0, 0.1) is 0 Å². The Morgan fingerprint density at radius 2 is 1.50 bits per heavy atom. The van der Waals surface area contributed by atoms with E-state index in [-0.39, 0.29) is 23.0 Å². The number of carbonyl (C=O) groups excluding carboxylic acids is 3. The monoisotopic (exact) mass is 769 g/mol. The molecule has 0 saturated carbocycles. The Morgan fingerprint density at radius 1 is 0.857 bits per heavy atom. The zero-order chi connectivity index (χ0) is 40.5. The number of fused-ring (bicyclic) bond motifs is 1. The molecular weight excluding hydrogens is 711 g/mol. The van der Waals surface area contributed by atoms with Gasteiger partial charge in [0.1, 0.15) is 0 Å². The van der Waals surface area contributed by atoms with Crippen molar-refractivity contribution in [1.82, 2.24) is 9.80 Å². The van der Waals surface area contributed by atoms with Crippen LogP contribution in [0.1, 0.15) is 68.4 Å². The lowest BCUT2D eigenvalue weighted by atomic mass is 9.98. The van der Waals surface area contributed by atoms with E-state index in [1.807, 2.05) is 54.6 Å². The van der Waals surface area contributed by atoms with E-state index in [1.165, 1.54) is 12.1 Å². The molecule has 1 fully saturated rings. The molecule has 2 heterocycles. The molecule has 2 aliphatic rings. The molecule has 1 atom stereocenters. The third-order valence-corrected chi connectivity index (χ3v) is 10.9. The van der Waals surface area contributed by atoms with E-state index in [4.69, 9.17) is 25.8 Å². The van der Waals surface area contributed by atoms with Crippen molar-refractivity contribution in [3.05, 3.63) is 89.5 Å². The van der Waals surface area contributed by atoms with Crippen LogP contribution in [-0.2, 0) is 23.8 Å². The number of anilines is 3. The second-order valence-corrected chi connectivity index (χ2v) is 15.3. The lowest BCUT2D eigenvalue weighted by Crippen LogP contribution is -2.50. The number of esters is 1. The molecule has 2 aliphatic heterocycles. The summed E-state index contributed by atoms with van der Waals surface area (Å²) in [6, 6.07) is 21.7. The number of nitrogens with one attached hydrogen (secondary N) is 1. The van der Waals surface area contributed by atoms with Gasteiger partial charge in [0, 0.05) is 56.6 Å². The Bertz CT molecular complexity index is 1840. The third kappa shape index (κ3) is 10.6. The number of rotatable bonds is 18. The van der Waals surface area contributed by atoms with Gasteiger partial charge in [-0.25, -0.2) is 10.6 Å². The highest BCUT2D eigenvalue weighted by Crippen LogP contribution is 2.40. The quantitative estimate of drug-likeness (QED) is 0.0528. The number of ether oxygens (including phenoxy) is 3. The van der Waals surface area contributed by atoms with Crippen molar-refractivity contribution in [2.45, 2.75) is 58.2 Å². The van der Waals surface area contributed by atoms with E-state index < -0.39 is 5.97 Å².